The summed E-state index contributed by atoms with van der Waals surface area (Å²) in [6.45, 7) is 6.20. The fourth-order valence-corrected chi connectivity index (χ4v) is 3.87. The number of amides is 1. The van der Waals surface area contributed by atoms with E-state index in [1.807, 2.05) is 13.0 Å². The average molecular weight is 257 g/mol. The molecule has 0 heterocycles. The van der Waals surface area contributed by atoms with Crippen molar-refractivity contribution >= 4 is 5.91 Å². The first-order valence-electron chi connectivity index (χ1n) is 7.43. The predicted molar refractivity (Wildman–Crippen MR) is 77.4 cm³/mol. The molecule has 1 N–H and O–H groups in total. The van der Waals surface area contributed by atoms with E-state index in [1.54, 1.807) is 0 Å². The van der Waals surface area contributed by atoms with Gasteiger partial charge in [-0.1, -0.05) is 12.5 Å². The topological polar surface area (TPSA) is 29.1 Å². The molecule has 0 spiro atoms. The molecule has 0 unspecified atom stereocenters. The lowest BCUT2D eigenvalue weighted by atomic mass is 9.94. The van der Waals surface area contributed by atoms with Gasteiger partial charge < -0.3 is 5.32 Å². The highest BCUT2D eigenvalue weighted by molar-refractivity contribution is 5.96. The Labute approximate surface area is 115 Å². The fraction of sp³-hybridized carbons (Fsp3) is 0.588. The van der Waals surface area contributed by atoms with Crippen molar-refractivity contribution in [3.8, 4) is 0 Å². The van der Waals surface area contributed by atoms with E-state index in [2.05, 4.69) is 25.2 Å². The Morgan fingerprint density at radius 1 is 1.05 bits per heavy atom. The maximum Gasteiger partial charge on any atom is 0.251 e. The van der Waals surface area contributed by atoms with Gasteiger partial charge in [-0.25, -0.2) is 0 Å². The van der Waals surface area contributed by atoms with E-state index < -0.39 is 0 Å². The number of fused-ring (bicyclic) bond motifs is 2. The van der Waals surface area contributed by atoms with E-state index in [0.29, 0.717) is 6.04 Å². The van der Waals surface area contributed by atoms with Crippen LogP contribution in [0.4, 0.5) is 0 Å². The van der Waals surface area contributed by atoms with E-state index in [0.717, 1.165) is 23.0 Å². The van der Waals surface area contributed by atoms with Crippen molar-refractivity contribution in [2.75, 3.05) is 0 Å². The lowest BCUT2D eigenvalue weighted by molar-refractivity contribution is 0.0922. The molecule has 2 nitrogen and oxygen atoms in total. The molecule has 1 amide bonds. The van der Waals surface area contributed by atoms with Crippen LogP contribution in [0.2, 0.25) is 0 Å². The van der Waals surface area contributed by atoms with Crippen LogP contribution in [0.1, 0.15) is 52.7 Å². The molecule has 3 rings (SSSR count). The van der Waals surface area contributed by atoms with Crippen LogP contribution < -0.4 is 5.32 Å². The van der Waals surface area contributed by atoms with E-state index in [9.17, 15) is 4.79 Å². The number of hydrogen-bond acceptors (Lipinski definition) is 1. The third kappa shape index (κ3) is 2.29. The standard InChI is InChI=1S/C17H23NO/c1-10-6-12(3)15(7-11(10)2)17(19)18-16-9-13-4-5-14(16)8-13/h6-7,13-14,16H,4-5,8-9H2,1-3H3,(H,18,19)/t13-,14+,16-/m0/s1. The van der Waals surface area contributed by atoms with Gasteiger partial charge in [0.2, 0.25) is 0 Å². The second-order valence-electron chi connectivity index (χ2n) is 6.51. The highest BCUT2D eigenvalue weighted by Gasteiger charge is 2.40. The molecule has 0 aromatic heterocycles. The normalized spacial score (nSPS) is 28.7. The van der Waals surface area contributed by atoms with E-state index in [4.69, 9.17) is 0 Å². The zero-order valence-corrected chi connectivity index (χ0v) is 12.1. The molecule has 1 aromatic rings. The molecule has 2 aliphatic rings. The second kappa shape index (κ2) is 4.66. The van der Waals surface area contributed by atoms with Gasteiger partial charge in [0.15, 0.2) is 0 Å². The first-order valence-corrected chi connectivity index (χ1v) is 7.43. The van der Waals surface area contributed by atoms with Crippen LogP contribution >= 0.6 is 0 Å². The Morgan fingerprint density at radius 2 is 1.79 bits per heavy atom. The van der Waals surface area contributed by atoms with Crippen molar-refractivity contribution in [3.63, 3.8) is 0 Å². The van der Waals surface area contributed by atoms with E-state index in [-0.39, 0.29) is 5.91 Å². The maximum absolute atomic E-state index is 12.5. The van der Waals surface area contributed by atoms with Gasteiger partial charge in [-0.2, -0.15) is 0 Å². The zero-order valence-electron chi connectivity index (χ0n) is 12.1. The van der Waals surface area contributed by atoms with Gasteiger partial charge in [0.25, 0.3) is 5.91 Å². The number of aryl methyl sites for hydroxylation is 3. The maximum atomic E-state index is 12.5. The van der Waals surface area contributed by atoms with Crippen molar-refractivity contribution in [2.24, 2.45) is 11.8 Å². The van der Waals surface area contributed by atoms with Crippen molar-refractivity contribution < 1.29 is 4.79 Å². The summed E-state index contributed by atoms with van der Waals surface area (Å²) in [5.74, 6) is 1.73. The monoisotopic (exact) mass is 257 g/mol. The second-order valence-corrected chi connectivity index (χ2v) is 6.51. The minimum atomic E-state index is 0.123. The molecule has 102 valence electrons. The summed E-state index contributed by atoms with van der Waals surface area (Å²) in [6.07, 6.45) is 5.21. The summed E-state index contributed by atoms with van der Waals surface area (Å²) in [4.78, 5) is 12.5. The molecule has 0 radical (unpaired) electrons. The molecule has 2 heteroatoms. The molecule has 2 saturated carbocycles. The number of carbonyl (C=O) groups is 1. The largest absolute Gasteiger partial charge is 0.349 e. The number of carbonyl (C=O) groups excluding carboxylic acids is 1. The summed E-state index contributed by atoms with van der Waals surface area (Å²) < 4.78 is 0. The molecule has 19 heavy (non-hydrogen) atoms. The zero-order chi connectivity index (χ0) is 13.6. The SMILES string of the molecule is Cc1cc(C)c(C(=O)N[C@H]2C[C@H]3CC[C@@H]2C3)cc1C. The first kappa shape index (κ1) is 12.7. The Kier molecular flexibility index (Phi) is 3.12. The smallest absolute Gasteiger partial charge is 0.251 e. The minimum absolute atomic E-state index is 0.123. The lowest BCUT2D eigenvalue weighted by Gasteiger charge is -2.23. The van der Waals surface area contributed by atoms with Gasteiger partial charge in [-0.3, -0.25) is 4.79 Å². The molecule has 2 fully saturated rings. The van der Waals surface area contributed by atoms with Crippen LogP contribution in [-0.2, 0) is 0 Å². The van der Waals surface area contributed by atoms with Crippen molar-refractivity contribution in [3.05, 3.63) is 34.4 Å². The van der Waals surface area contributed by atoms with Gasteiger partial charge >= 0.3 is 0 Å². The average Bonchev–Trinajstić information content (AvgIpc) is 2.95. The Bertz CT molecular complexity index is 520. The third-order valence-electron chi connectivity index (χ3n) is 5.14. The Hall–Kier alpha value is -1.31. The van der Waals surface area contributed by atoms with Crippen LogP contribution in [0.5, 0.6) is 0 Å². The summed E-state index contributed by atoms with van der Waals surface area (Å²) in [7, 11) is 0. The van der Waals surface area contributed by atoms with Crippen LogP contribution in [-0.4, -0.2) is 11.9 Å². The molecular weight excluding hydrogens is 234 g/mol. The number of nitrogens with one attached hydrogen (secondary N) is 1. The molecule has 0 saturated heterocycles. The van der Waals surface area contributed by atoms with Crippen LogP contribution in [0.25, 0.3) is 0 Å². The third-order valence-corrected chi connectivity index (χ3v) is 5.14. The van der Waals surface area contributed by atoms with Gasteiger partial charge in [0, 0.05) is 11.6 Å². The van der Waals surface area contributed by atoms with E-state index in [1.165, 1.54) is 36.8 Å². The number of benzene rings is 1. The Balaban J connectivity index is 1.75. The van der Waals surface area contributed by atoms with Crippen molar-refractivity contribution in [1.29, 1.82) is 0 Å². The molecule has 2 bridgehead atoms. The highest BCUT2D eigenvalue weighted by atomic mass is 16.1. The fourth-order valence-electron chi connectivity index (χ4n) is 3.87. The van der Waals surface area contributed by atoms with Gasteiger partial charge in [-0.05, 0) is 74.6 Å². The van der Waals surface area contributed by atoms with Crippen LogP contribution in [0, 0.1) is 32.6 Å². The molecule has 3 atom stereocenters. The van der Waals surface area contributed by atoms with Crippen LogP contribution in [0.3, 0.4) is 0 Å². The lowest BCUT2D eigenvalue weighted by Crippen LogP contribution is -2.38. The molecule has 2 aliphatic carbocycles. The van der Waals surface area contributed by atoms with E-state index >= 15 is 0 Å². The molecule has 0 aliphatic heterocycles. The van der Waals surface area contributed by atoms with Crippen LogP contribution in [0.15, 0.2) is 12.1 Å². The number of hydrogen-bond donors (Lipinski definition) is 1. The summed E-state index contributed by atoms with van der Waals surface area (Å²) in [5.41, 5.74) is 4.40. The van der Waals surface area contributed by atoms with Gasteiger partial charge in [0.05, 0.1) is 0 Å². The predicted octanol–water partition coefficient (Wildman–Crippen LogP) is 3.53. The quantitative estimate of drug-likeness (QED) is 0.862. The summed E-state index contributed by atoms with van der Waals surface area (Å²) >= 11 is 0. The van der Waals surface area contributed by atoms with Crippen molar-refractivity contribution in [2.45, 2.75) is 52.5 Å². The summed E-state index contributed by atoms with van der Waals surface area (Å²) in [6, 6.07) is 4.57. The number of rotatable bonds is 2. The summed E-state index contributed by atoms with van der Waals surface area (Å²) in [5, 5.41) is 3.28. The Morgan fingerprint density at radius 3 is 2.42 bits per heavy atom. The van der Waals surface area contributed by atoms with Gasteiger partial charge in [0.1, 0.15) is 0 Å². The molecular formula is C17H23NO. The minimum Gasteiger partial charge on any atom is -0.349 e. The molecule has 1 aromatic carbocycles. The van der Waals surface area contributed by atoms with Crippen molar-refractivity contribution in [1.82, 2.24) is 5.32 Å². The van der Waals surface area contributed by atoms with Gasteiger partial charge in [-0.15, -0.1) is 0 Å². The first-order chi connectivity index (χ1) is 9.04. The highest BCUT2D eigenvalue weighted by Crippen LogP contribution is 2.44.